The first-order valence-electron chi connectivity index (χ1n) is 8.01. The number of rotatable bonds is 2. The number of aromatic nitrogens is 2. The maximum atomic E-state index is 14.7. The maximum Gasteiger partial charge on any atom is 0.431 e. The molecule has 0 bridgehead atoms. The van der Waals surface area contributed by atoms with Crippen LogP contribution in [0.15, 0.2) is 21.7 Å². The molecule has 1 aliphatic rings. The molecule has 0 radical (unpaired) electrons. The summed E-state index contributed by atoms with van der Waals surface area (Å²) >= 11 is 5.92. The zero-order chi connectivity index (χ0) is 21.2. The molecule has 150 valence electrons. The van der Waals surface area contributed by atoms with Gasteiger partial charge in [-0.05, 0) is 26.8 Å². The Morgan fingerprint density at radius 3 is 2.32 bits per heavy atom. The minimum Gasteiger partial charge on any atom is -0.477 e. The molecule has 2 aromatic rings. The Morgan fingerprint density at radius 2 is 1.79 bits per heavy atom. The van der Waals surface area contributed by atoms with Gasteiger partial charge in [0.1, 0.15) is 11.4 Å². The standard InChI is InChI=1S/C17H13ClF4N2O4/c1-4-23-9(17(20,21)22)6-10(25)24(15(23)27)12-8(19)5-7(18)11-13(12)28-16(2,3)14(11)26/h5-6H,4H2,1-3H3. The molecule has 28 heavy (non-hydrogen) atoms. The molecule has 0 fully saturated rings. The molecule has 3 rings (SSSR count). The van der Waals surface area contributed by atoms with Gasteiger partial charge in [-0.25, -0.2) is 13.8 Å². The van der Waals surface area contributed by atoms with E-state index >= 15 is 0 Å². The van der Waals surface area contributed by atoms with Gasteiger partial charge < -0.3 is 4.74 Å². The van der Waals surface area contributed by atoms with Gasteiger partial charge in [0.25, 0.3) is 5.56 Å². The van der Waals surface area contributed by atoms with Crippen molar-refractivity contribution in [1.29, 1.82) is 0 Å². The molecule has 0 amide bonds. The van der Waals surface area contributed by atoms with Crippen molar-refractivity contribution in [3.63, 3.8) is 0 Å². The van der Waals surface area contributed by atoms with Gasteiger partial charge in [0.2, 0.25) is 5.78 Å². The average molecular weight is 421 g/mol. The Hall–Kier alpha value is -2.62. The van der Waals surface area contributed by atoms with Crippen molar-refractivity contribution in [3.05, 3.63) is 55.1 Å². The van der Waals surface area contributed by atoms with Gasteiger partial charge in [-0.15, -0.1) is 0 Å². The van der Waals surface area contributed by atoms with Crippen molar-refractivity contribution < 1.29 is 27.1 Å². The summed E-state index contributed by atoms with van der Waals surface area (Å²) in [5, 5.41) is -0.303. The van der Waals surface area contributed by atoms with E-state index in [4.69, 9.17) is 16.3 Å². The molecule has 1 aromatic carbocycles. The number of alkyl halides is 3. The van der Waals surface area contributed by atoms with Gasteiger partial charge in [0.05, 0.1) is 10.6 Å². The summed E-state index contributed by atoms with van der Waals surface area (Å²) in [5.41, 5.74) is -6.79. The highest BCUT2D eigenvalue weighted by Crippen LogP contribution is 2.44. The highest BCUT2D eigenvalue weighted by Gasteiger charge is 2.45. The van der Waals surface area contributed by atoms with Crippen LogP contribution >= 0.6 is 11.6 Å². The number of carbonyl (C=O) groups is 1. The third-order valence-electron chi connectivity index (χ3n) is 4.32. The predicted molar refractivity (Wildman–Crippen MR) is 91.0 cm³/mol. The fraction of sp³-hybridized carbons (Fsp3) is 0.353. The lowest BCUT2D eigenvalue weighted by Gasteiger charge is -2.19. The van der Waals surface area contributed by atoms with Gasteiger partial charge >= 0.3 is 11.9 Å². The molecule has 0 spiro atoms. The van der Waals surface area contributed by atoms with Gasteiger partial charge in [0.15, 0.2) is 17.2 Å². The number of benzene rings is 1. The smallest absolute Gasteiger partial charge is 0.431 e. The normalized spacial score (nSPS) is 15.5. The highest BCUT2D eigenvalue weighted by atomic mass is 35.5. The van der Waals surface area contributed by atoms with E-state index in [2.05, 4.69) is 0 Å². The summed E-state index contributed by atoms with van der Waals surface area (Å²) in [7, 11) is 0. The molecular weight excluding hydrogens is 408 g/mol. The van der Waals surface area contributed by atoms with Crippen LogP contribution in [-0.4, -0.2) is 20.5 Å². The number of carbonyl (C=O) groups excluding carboxylic acids is 1. The topological polar surface area (TPSA) is 70.3 Å². The van der Waals surface area contributed by atoms with Crippen LogP contribution in [0.4, 0.5) is 17.6 Å². The summed E-state index contributed by atoms with van der Waals surface area (Å²) in [6.07, 6.45) is -4.97. The van der Waals surface area contributed by atoms with E-state index in [9.17, 15) is 31.9 Å². The van der Waals surface area contributed by atoms with Crippen LogP contribution < -0.4 is 16.0 Å². The third-order valence-corrected chi connectivity index (χ3v) is 4.61. The average Bonchev–Trinajstić information content (AvgIpc) is 2.79. The lowest BCUT2D eigenvalue weighted by atomic mass is 9.99. The van der Waals surface area contributed by atoms with Crippen molar-refractivity contribution in [3.8, 4) is 11.4 Å². The Bertz CT molecular complexity index is 1130. The lowest BCUT2D eigenvalue weighted by Crippen LogP contribution is -2.42. The van der Waals surface area contributed by atoms with Crippen molar-refractivity contribution in [2.24, 2.45) is 0 Å². The number of nitrogens with zero attached hydrogens (tertiary/aromatic N) is 2. The second kappa shape index (κ2) is 6.20. The van der Waals surface area contributed by atoms with E-state index in [-0.39, 0.29) is 25.8 Å². The minimum absolute atomic E-state index is 0.188. The quantitative estimate of drug-likeness (QED) is 0.700. The Morgan fingerprint density at radius 1 is 1.18 bits per heavy atom. The Labute approximate surface area is 159 Å². The van der Waals surface area contributed by atoms with Crippen molar-refractivity contribution in [1.82, 2.24) is 9.13 Å². The molecule has 0 atom stereocenters. The summed E-state index contributed by atoms with van der Waals surface area (Å²) in [4.78, 5) is 37.5. The second-order valence-corrected chi connectivity index (χ2v) is 6.97. The fourth-order valence-corrected chi connectivity index (χ4v) is 3.30. The number of ether oxygens (including phenoxy) is 1. The summed E-state index contributed by atoms with van der Waals surface area (Å²) < 4.78 is 60.1. The zero-order valence-electron chi connectivity index (χ0n) is 14.8. The van der Waals surface area contributed by atoms with Crippen LogP contribution in [0.25, 0.3) is 5.69 Å². The molecule has 0 aliphatic carbocycles. The lowest BCUT2D eigenvalue weighted by molar-refractivity contribution is -0.144. The van der Waals surface area contributed by atoms with E-state index in [1.54, 1.807) is 0 Å². The number of hydrogen-bond donors (Lipinski definition) is 0. The maximum absolute atomic E-state index is 14.7. The summed E-state index contributed by atoms with van der Waals surface area (Å²) in [6, 6.07) is 0.894. The molecule has 0 saturated heterocycles. The molecule has 0 N–H and O–H groups in total. The van der Waals surface area contributed by atoms with E-state index in [1.807, 2.05) is 0 Å². The van der Waals surface area contributed by atoms with E-state index in [0.717, 1.165) is 0 Å². The van der Waals surface area contributed by atoms with Crippen LogP contribution in [0.2, 0.25) is 5.02 Å². The number of ketones is 1. The van der Waals surface area contributed by atoms with Crippen LogP contribution in [0, 0.1) is 5.82 Å². The van der Waals surface area contributed by atoms with Crippen LogP contribution in [0.3, 0.4) is 0 Å². The van der Waals surface area contributed by atoms with E-state index < -0.39 is 58.3 Å². The van der Waals surface area contributed by atoms with Crippen LogP contribution in [-0.2, 0) is 12.7 Å². The molecule has 2 heterocycles. The van der Waals surface area contributed by atoms with Crippen molar-refractivity contribution >= 4 is 17.4 Å². The molecule has 1 aliphatic heterocycles. The van der Waals surface area contributed by atoms with Gasteiger partial charge in [-0.2, -0.15) is 13.2 Å². The van der Waals surface area contributed by atoms with Gasteiger partial charge in [-0.3, -0.25) is 14.2 Å². The van der Waals surface area contributed by atoms with E-state index in [1.165, 1.54) is 20.8 Å². The monoisotopic (exact) mass is 420 g/mol. The second-order valence-electron chi connectivity index (χ2n) is 6.56. The first-order valence-corrected chi connectivity index (χ1v) is 8.39. The summed E-state index contributed by atoms with van der Waals surface area (Å²) in [5.74, 6) is -2.29. The molecule has 6 nitrogen and oxygen atoms in total. The third kappa shape index (κ3) is 2.83. The summed E-state index contributed by atoms with van der Waals surface area (Å²) in [6.45, 7) is 3.56. The van der Waals surface area contributed by atoms with Crippen LogP contribution in [0.1, 0.15) is 36.8 Å². The number of Topliss-reactive ketones (excluding diaryl/α,β-unsaturated/α-hetero) is 1. The largest absolute Gasteiger partial charge is 0.477 e. The van der Waals surface area contributed by atoms with Crippen LogP contribution in [0.5, 0.6) is 5.75 Å². The van der Waals surface area contributed by atoms with Gasteiger partial charge in [-0.1, -0.05) is 11.6 Å². The molecule has 0 unspecified atom stereocenters. The van der Waals surface area contributed by atoms with Gasteiger partial charge in [0, 0.05) is 12.6 Å². The number of fused-ring (bicyclic) bond motifs is 1. The minimum atomic E-state index is -4.97. The first kappa shape index (κ1) is 20.1. The molecule has 0 saturated carbocycles. The SMILES string of the molecule is CCn1c(C(F)(F)F)cc(=O)n(-c2c(F)cc(Cl)c3c2OC(C)(C)C3=O)c1=O. The predicted octanol–water partition coefficient (Wildman–Crippen LogP) is 3.18. The Kier molecular flexibility index (Phi) is 4.45. The van der Waals surface area contributed by atoms with Crippen molar-refractivity contribution in [2.75, 3.05) is 0 Å². The molecule has 1 aromatic heterocycles. The molecule has 11 heteroatoms. The van der Waals surface area contributed by atoms with E-state index in [0.29, 0.717) is 6.07 Å². The molecular formula is C17H13ClF4N2O4. The zero-order valence-corrected chi connectivity index (χ0v) is 15.5. The number of halogens is 5. The van der Waals surface area contributed by atoms with Crippen molar-refractivity contribution in [2.45, 2.75) is 39.1 Å². The fourth-order valence-electron chi connectivity index (χ4n) is 3.03. The number of hydrogen-bond acceptors (Lipinski definition) is 4. The first-order chi connectivity index (χ1) is 12.8. The Balaban J connectivity index is 2.45. The highest BCUT2D eigenvalue weighted by molar-refractivity contribution is 6.35.